The van der Waals surface area contributed by atoms with Crippen LogP contribution in [0.4, 0.5) is 19.0 Å². The molecule has 0 spiro atoms. The van der Waals surface area contributed by atoms with Gasteiger partial charge in [0.25, 0.3) is 5.91 Å². The number of rotatable bonds is 11. The number of alkyl halides is 3. The standard InChI is InChI=1S/C34H43F3N8O3S/c1-5-49-30-12-24(33(17-48-18-33)13-29-42-40-19-43(29)4)11-28(41-30)44-14-26-25(32(44)47)9-23(10-27(26)34(35,36)37)16-45(8-6-7-21(2)15-45)20-39-31(46)22(3)38/h9-12,19,21-22H,5-8,13-18,20,38H2,1-4H3/p+1/t21-,22?,45?/m0/s1. The maximum Gasteiger partial charge on any atom is 0.416 e. The molecule has 0 saturated carbocycles. The summed E-state index contributed by atoms with van der Waals surface area (Å²) in [4.78, 5) is 32.7. The minimum absolute atomic E-state index is 0.0327. The molecule has 3 atom stereocenters. The number of nitrogens with zero attached hydrogens (tertiary/aromatic N) is 6. The molecule has 0 bridgehead atoms. The fraction of sp³-hybridized carbons (Fsp3) is 0.559. The van der Waals surface area contributed by atoms with Gasteiger partial charge in [-0.1, -0.05) is 13.8 Å². The summed E-state index contributed by atoms with van der Waals surface area (Å²) in [6.45, 7) is 8.18. The van der Waals surface area contributed by atoms with Gasteiger partial charge in [-0.25, -0.2) is 4.98 Å². The molecule has 49 heavy (non-hydrogen) atoms. The van der Waals surface area contributed by atoms with Crippen LogP contribution >= 0.6 is 11.8 Å². The summed E-state index contributed by atoms with van der Waals surface area (Å²) in [6, 6.07) is 5.89. The van der Waals surface area contributed by atoms with Crippen molar-refractivity contribution in [3.8, 4) is 0 Å². The average Bonchev–Trinajstić information content (AvgIpc) is 3.58. The van der Waals surface area contributed by atoms with E-state index in [1.807, 2.05) is 30.7 Å². The van der Waals surface area contributed by atoms with E-state index in [0.717, 1.165) is 30.0 Å². The predicted octanol–water partition coefficient (Wildman–Crippen LogP) is 4.18. The van der Waals surface area contributed by atoms with Crippen LogP contribution < -0.4 is 16.0 Å². The number of nitrogens with one attached hydrogen (secondary N) is 1. The number of pyridine rings is 1. The number of anilines is 1. The summed E-state index contributed by atoms with van der Waals surface area (Å²) in [5.41, 5.74) is 5.80. The van der Waals surface area contributed by atoms with Gasteiger partial charge in [-0.15, -0.1) is 22.0 Å². The topological polar surface area (TPSA) is 128 Å². The molecule has 11 nitrogen and oxygen atoms in total. The van der Waals surface area contributed by atoms with Crippen molar-refractivity contribution in [3.63, 3.8) is 0 Å². The van der Waals surface area contributed by atoms with Gasteiger partial charge in [0.1, 0.15) is 24.5 Å². The zero-order valence-corrected chi connectivity index (χ0v) is 29.2. The van der Waals surface area contributed by atoms with Gasteiger partial charge in [0.2, 0.25) is 5.91 Å². The Morgan fingerprint density at radius 2 is 2.04 bits per heavy atom. The third-order valence-corrected chi connectivity index (χ3v) is 10.8. The monoisotopic (exact) mass is 701 g/mol. The molecule has 5 heterocycles. The van der Waals surface area contributed by atoms with Gasteiger partial charge < -0.3 is 24.8 Å². The smallest absolute Gasteiger partial charge is 0.379 e. The van der Waals surface area contributed by atoms with Crippen molar-refractivity contribution in [2.75, 3.05) is 43.6 Å². The van der Waals surface area contributed by atoms with E-state index in [0.29, 0.717) is 59.5 Å². The number of carbonyl (C=O) groups is 2. The van der Waals surface area contributed by atoms with E-state index in [2.05, 4.69) is 22.4 Å². The highest BCUT2D eigenvalue weighted by atomic mass is 32.2. The van der Waals surface area contributed by atoms with Crippen LogP contribution in [0.5, 0.6) is 0 Å². The quantitative estimate of drug-likeness (QED) is 0.225. The van der Waals surface area contributed by atoms with Gasteiger partial charge in [0, 0.05) is 35.9 Å². The van der Waals surface area contributed by atoms with Crippen LogP contribution in [-0.4, -0.2) is 80.8 Å². The number of ether oxygens (including phenoxy) is 1. The molecule has 3 aromatic rings. The SMILES string of the molecule is CCSc1cc(C2(Cc3nncn3C)COC2)cc(N2Cc3c(cc(C[N+]4(CNC(=O)C(C)N)CCC[C@H](C)C4)cc3C(F)(F)F)C2=O)n1. The summed E-state index contributed by atoms with van der Waals surface area (Å²) in [7, 11) is 1.87. The summed E-state index contributed by atoms with van der Waals surface area (Å²) >= 11 is 1.50. The number of hydrogen-bond acceptors (Lipinski definition) is 8. The fourth-order valence-corrected chi connectivity index (χ4v) is 8.06. The maximum absolute atomic E-state index is 14.8. The van der Waals surface area contributed by atoms with Gasteiger partial charge in [-0.2, -0.15) is 13.2 Å². The van der Waals surface area contributed by atoms with Crippen molar-refractivity contribution in [2.45, 2.75) is 75.8 Å². The molecule has 0 aliphatic carbocycles. The lowest BCUT2D eigenvalue weighted by atomic mass is 9.76. The first-order chi connectivity index (χ1) is 23.2. The Balaban J connectivity index is 1.36. The number of nitrogens with two attached hydrogens (primary N) is 1. The van der Waals surface area contributed by atoms with Crippen molar-refractivity contribution in [3.05, 3.63) is 64.2 Å². The van der Waals surface area contributed by atoms with E-state index >= 15 is 0 Å². The van der Waals surface area contributed by atoms with Crippen LogP contribution in [0.15, 0.2) is 35.6 Å². The Labute approximate surface area is 288 Å². The predicted molar refractivity (Wildman–Crippen MR) is 179 cm³/mol. The van der Waals surface area contributed by atoms with Gasteiger partial charge in [-0.05, 0) is 60.9 Å². The molecule has 2 saturated heterocycles. The van der Waals surface area contributed by atoms with E-state index in [9.17, 15) is 22.8 Å². The van der Waals surface area contributed by atoms with E-state index in [1.54, 1.807) is 19.3 Å². The van der Waals surface area contributed by atoms with E-state index < -0.39 is 29.1 Å². The van der Waals surface area contributed by atoms with Crippen LogP contribution in [0.2, 0.25) is 0 Å². The number of quaternary nitrogens is 1. The molecule has 15 heteroatoms. The summed E-state index contributed by atoms with van der Waals surface area (Å²) in [6.07, 6.45) is -0.618. The average molecular weight is 702 g/mol. The molecule has 3 N–H and O–H groups in total. The number of halogens is 3. The first-order valence-corrected chi connectivity index (χ1v) is 17.7. The zero-order valence-electron chi connectivity index (χ0n) is 28.3. The Bertz CT molecular complexity index is 1730. The van der Waals surface area contributed by atoms with Crippen LogP contribution in [0.1, 0.15) is 72.0 Å². The highest BCUT2D eigenvalue weighted by Gasteiger charge is 2.45. The number of aromatic nitrogens is 4. The Kier molecular flexibility index (Phi) is 9.83. The van der Waals surface area contributed by atoms with Crippen LogP contribution in [0.25, 0.3) is 0 Å². The second-order valence-electron chi connectivity index (χ2n) is 14.0. The number of benzene rings is 1. The number of likely N-dealkylation sites (tertiary alicyclic amines) is 1. The zero-order chi connectivity index (χ0) is 35.1. The molecule has 1 aromatic carbocycles. The summed E-state index contributed by atoms with van der Waals surface area (Å²) in [5, 5.41) is 11.9. The Hall–Kier alpha value is -3.53. The molecule has 2 aromatic heterocycles. The van der Waals surface area contributed by atoms with Gasteiger partial charge in [-0.3, -0.25) is 14.5 Å². The molecule has 2 unspecified atom stereocenters. The minimum atomic E-state index is -4.68. The lowest BCUT2D eigenvalue weighted by Crippen LogP contribution is -2.59. The molecular formula is C34H44F3N8O3S+. The van der Waals surface area contributed by atoms with E-state index in [1.165, 1.54) is 22.7 Å². The second kappa shape index (κ2) is 13.6. The molecule has 3 aliphatic heterocycles. The van der Waals surface area contributed by atoms with Crippen molar-refractivity contribution in [1.29, 1.82) is 0 Å². The Morgan fingerprint density at radius 1 is 1.27 bits per heavy atom. The third-order valence-electron chi connectivity index (χ3n) is 9.98. The molecule has 2 amide bonds. The molecule has 6 rings (SSSR count). The third kappa shape index (κ3) is 7.21. The maximum atomic E-state index is 14.8. The summed E-state index contributed by atoms with van der Waals surface area (Å²) < 4.78 is 52.2. The second-order valence-corrected chi connectivity index (χ2v) is 15.3. The minimum Gasteiger partial charge on any atom is -0.379 e. The first-order valence-electron chi connectivity index (χ1n) is 16.7. The number of fused-ring (bicyclic) bond motifs is 1. The van der Waals surface area contributed by atoms with Crippen molar-refractivity contribution >= 4 is 29.4 Å². The van der Waals surface area contributed by atoms with Gasteiger partial charge in [0.05, 0.1) is 49.5 Å². The number of carbonyl (C=O) groups excluding carboxylic acids is 2. The molecule has 2 fully saturated rings. The highest BCUT2D eigenvalue weighted by molar-refractivity contribution is 7.99. The number of amides is 2. The molecular weight excluding hydrogens is 657 g/mol. The number of piperidine rings is 1. The Morgan fingerprint density at radius 3 is 2.65 bits per heavy atom. The highest BCUT2D eigenvalue weighted by Crippen LogP contribution is 2.43. The van der Waals surface area contributed by atoms with E-state index in [4.69, 9.17) is 15.5 Å². The van der Waals surface area contributed by atoms with Crippen molar-refractivity contribution in [2.24, 2.45) is 18.7 Å². The number of thioether (sulfide) groups is 1. The normalized spacial score (nSPS) is 22.5. The van der Waals surface area contributed by atoms with Crippen molar-refractivity contribution < 1.29 is 32.0 Å². The first kappa shape index (κ1) is 35.3. The van der Waals surface area contributed by atoms with Crippen LogP contribution in [-0.2, 0) is 47.7 Å². The largest absolute Gasteiger partial charge is 0.416 e. The lowest BCUT2D eigenvalue weighted by Gasteiger charge is -2.44. The van der Waals surface area contributed by atoms with Crippen LogP contribution in [0.3, 0.4) is 0 Å². The number of hydrogen-bond donors (Lipinski definition) is 2. The van der Waals surface area contributed by atoms with E-state index in [-0.39, 0.29) is 36.8 Å². The molecule has 264 valence electrons. The number of aryl methyl sites for hydroxylation is 1. The fourth-order valence-electron chi connectivity index (χ4n) is 7.40. The summed E-state index contributed by atoms with van der Waals surface area (Å²) in [5.74, 6) is 1.30. The van der Waals surface area contributed by atoms with Gasteiger partial charge in [0.15, 0.2) is 6.67 Å². The molecule has 0 radical (unpaired) electrons. The van der Waals surface area contributed by atoms with Crippen molar-refractivity contribution in [1.82, 2.24) is 25.1 Å². The lowest BCUT2D eigenvalue weighted by molar-refractivity contribution is -0.949. The molecule has 3 aliphatic rings. The van der Waals surface area contributed by atoms with Crippen LogP contribution in [0, 0.1) is 5.92 Å². The van der Waals surface area contributed by atoms with Gasteiger partial charge >= 0.3 is 6.18 Å².